The summed E-state index contributed by atoms with van der Waals surface area (Å²) in [7, 11) is -3.61. The van der Waals surface area contributed by atoms with Crippen molar-refractivity contribution in [3.05, 3.63) is 71.8 Å². The van der Waals surface area contributed by atoms with Crippen LogP contribution < -0.4 is 0 Å². The number of fused-ring (bicyclic) bond motifs is 3. The van der Waals surface area contributed by atoms with E-state index < -0.39 is 32.5 Å². The summed E-state index contributed by atoms with van der Waals surface area (Å²) in [6.07, 6.45) is -1.34. The zero-order valence-corrected chi connectivity index (χ0v) is 13.8. The molecule has 0 aromatic heterocycles. The van der Waals surface area contributed by atoms with Crippen LogP contribution in [-0.4, -0.2) is 42.5 Å². The number of hydrogen-bond acceptors (Lipinski definition) is 6. The van der Waals surface area contributed by atoms with Gasteiger partial charge in [-0.2, -0.15) is 0 Å². The molecule has 1 saturated heterocycles. The van der Waals surface area contributed by atoms with Gasteiger partial charge in [-0.15, -0.1) is 0 Å². The predicted molar refractivity (Wildman–Crippen MR) is 92.2 cm³/mol. The number of benzene rings is 2. The highest BCUT2D eigenvalue weighted by molar-refractivity contribution is 7.94. The second-order valence-corrected chi connectivity index (χ2v) is 8.45. The summed E-state index contributed by atoms with van der Waals surface area (Å²) in [5.74, 6) is 0. The molecule has 3 heterocycles. The Hall–Kier alpha value is -2.67. The topological polar surface area (TPSA) is 77.3 Å². The lowest BCUT2D eigenvalue weighted by Crippen LogP contribution is -2.35. The summed E-state index contributed by atoms with van der Waals surface area (Å²) in [6, 6.07) is 18.5. The molecule has 126 valence electrons. The average Bonchev–Trinajstić information content (AvgIpc) is 3.32. The van der Waals surface area contributed by atoms with Crippen molar-refractivity contribution in [1.82, 2.24) is 0 Å². The van der Waals surface area contributed by atoms with Gasteiger partial charge in [-0.25, -0.2) is 8.42 Å². The van der Waals surface area contributed by atoms with E-state index in [9.17, 15) is 8.42 Å². The Balaban J connectivity index is 1.57. The van der Waals surface area contributed by atoms with E-state index in [-0.39, 0.29) is 0 Å². The van der Waals surface area contributed by atoms with E-state index in [1.54, 1.807) is 0 Å². The fourth-order valence-electron chi connectivity index (χ4n) is 3.72. The molecular weight excluding hydrogens is 340 g/mol. The molecule has 0 aliphatic carbocycles. The highest BCUT2D eigenvalue weighted by Gasteiger charge is 2.66. The Morgan fingerprint density at radius 1 is 0.680 bits per heavy atom. The summed E-state index contributed by atoms with van der Waals surface area (Å²) in [6.45, 7) is 0. The molecule has 25 heavy (non-hydrogen) atoms. The molecule has 1 fully saturated rings. The summed E-state index contributed by atoms with van der Waals surface area (Å²) in [5.41, 5.74) is 2.38. The lowest BCUT2D eigenvalue weighted by Gasteiger charge is -2.12. The van der Waals surface area contributed by atoms with Crippen LogP contribution in [-0.2, 0) is 19.5 Å². The normalized spacial score (nSPS) is 31.4. The number of oxime groups is 2. The zero-order valence-electron chi connectivity index (χ0n) is 13.0. The summed E-state index contributed by atoms with van der Waals surface area (Å²) >= 11 is 0. The van der Waals surface area contributed by atoms with Crippen molar-refractivity contribution >= 4 is 21.3 Å². The first kappa shape index (κ1) is 14.7. The van der Waals surface area contributed by atoms with Gasteiger partial charge in [0.2, 0.25) is 0 Å². The van der Waals surface area contributed by atoms with Gasteiger partial charge in [0, 0.05) is 11.1 Å². The van der Waals surface area contributed by atoms with Crippen molar-refractivity contribution in [2.24, 2.45) is 10.3 Å². The Labute approximate surface area is 144 Å². The second kappa shape index (κ2) is 5.16. The molecule has 0 unspecified atom stereocenters. The van der Waals surface area contributed by atoms with E-state index in [0.717, 1.165) is 11.1 Å². The first-order valence-electron chi connectivity index (χ1n) is 7.99. The van der Waals surface area contributed by atoms with E-state index >= 15 is 0 Å². The van der Waals surface area contributed by atoms with Crippen LogP contribution in [0.4, 0.5) is 0 Å². The molecule has 0 saturated carbocycles. The van der Waals surface area contributed by atoms with Crippen LogP contribution in [0.25, 0.3) is 0 Å². The van der Waals surface area contributed by atoms with E-state index in [4.69, 9.17) is 9.68 Å². The van der Waals surface area contributed by atoms with Crippen molar-refractivity contribution in [3.63, 3.8) is 0 Å². The van der Waals surface area contributed by atoms with Crippen molar-refractivity contribution in [3.8, 4) is 0 Å². The third-order valence-corrected chi connectivity index (χ3v) is 7.25. The van der Waals surface area contributed by atoms with Crippen molar-refractivity contribution in [1.29, 1.82) is 0 Å². The maximum absolute atomic E-state index is 13.3. The minimum atomic E-state index is -3.61. The third-order valence-electron chi connectivity index (χ3n) is 4.85. The van der Waals surface area contributed by atoms with Gasteiger partial charge in [0.05, 0.1) is 0 Å². The summed E-state index contributed by atoms with van der Waals surface area (Å²) in [5, 5.41) is 6.43. The molecule has 7 heteroatoms. The van der Waals surface area contributed by atoms with E-state index in [2.05, 4.69) is 10.3 Å². The first-order chi connectivity index (χ1) is 12.2. The van der Waals surface area contributed by atoms with Crippen LogP contribution >= 0.6 is 0 Å². The molecule has 0 amide bonds. The lowest BCUT2D eigenvalue weighted by atomic mass is 9.98. The van der Waals surface area contributed by atoms with Gasteiger partial charge in [0.15, 0.2) is 32.5 Å². The maximum Gasteiger partial charge on any atom is 0.191 e. The van der Waals surface area contributed by atoms with Gasteiger partial charge in [-0.1, -0.05) is 71.0 Å². The fourth-order valence-corrected chi connectivity index (χ4v) is 6.17. The van der Waals surface area contributed by atoms with Crippen LogP contribution in [0.2, 0.25) is 0 Å². The predicted octanol–water partition coefficient (Wildman–Crippen LogP) is 1.76. The molecule has 0 spiro atoms. The number of hydrogen-bond donors (Lipinski definition) is 0. The smallest absolute Gasteiger partial charge is 0.191 e. The van der Waals surface area contributed by atoms with Crippen LogP contribution in [0.15, 0.2) is 71.0 Å². The van der Waals surface area contributed by atoms with Gasteiger partial charge in [-0.3, -0.25) is 0 Å². The first-order valence-corrected chi connectivity index (χ1v) is 9.60. The number of nitrogens with zero attached hydrogens (tertiary/aromatic N) is 2. The Kier molecular flexibility index (Phi) is 3.03. The molecule has 0 N–H and O–H groups in total. The highest BCUT2D eigenvalue weighted by Crippen LogP contribution is 2.42. The van der Waals surface area contributed by atoms with Crippen molar-refractivity contribution in [2.75, 3.05) is 0 Å². The van der Waals surface area contributed by atoms with Crippen LogP contribution in [0, 0.1) is 0 Å². The Bertz CT molecular complexity index is 911. The van der Waals surface area contributed by atoms with Gasteiger partial charge in [0.1, 0.15) is 11.4 Å². The summed E-state index contributed by atoms with van der Waals surface area (Å²) in [4.78, 5) is 11.0. The molecule has 4 atom stereocenters. The fraction of sp³-hybridized carbons (Fsp3) is 0.222. The zero-order chi connectivity index (χ0) is 17.0. The minimum absolute atomic E-state index is 0.441. The molecule has 3 aliphatic heterocycles. The molecule has 3 aliphatic rings. The van der Waals surface area contributed by atoms with E-state index in [0.29, 0.717) is 11.4 Å². The number of sulfone groups is 1. The molecule has 6 nitrogen and oxygen atoms in total. The highest BCUT2D eigenvalue weighted by atomic mass is 32.2. The third kappa shape index (κ3) is 1.99. The van der Waals surface area contributed by atoms with Gasteiger partial charge >= 0.3 is 0 Å². The second-order valence-electron chi connectivity index (χ2n) is 6.26. The number of rotatable bonds is 2. The minimum Gasteiger partial charge on any atom is -0.386 e. The van der Waals surface area contributed by atoms with Crippen molar-refractivity contribution in [2.45, 2.75) is 22.7 Å². The average molecular weight is 354 g/mol. The summed E-state index contributed by atoms with van der Waals surface area (Å²) < 4.78 is 26.6. The molecule has 0 radical (unpaired) electrons. The van der Waals surface area contributed by atoms with Crippen LogP contribution in [0.1, 0.15) is 11.1 Å². The van der Waals surface area contributed by atoms with E-state index in [1.807, 2.05) is 60.7 Å². The van der Waals surface area contributed by atoms with Gasteiger partial charge in [0.25, 0.3) is 0 Å². The van der Waals surface area contributed by atoms with Crippen molar-refractivity contribution < 1.29 is 18.1 Å². The quantitative estimate of drug-likeness (QED) is 0.823. The maximum atomic E-state index is 13.3. The molecule has 5 rings (SSSR count). The SMILES string of the molecule is O=S1(=O)[C@@H]2C(c3ccccc3)=NO[C@@H]2[C@H]2ON=C(c3ccccc3)[C@H]21. The monoisotopic (exact) mass is 354 g/mol. The van der Waals surface area contributed by atoms with Gasteiger partial charge < -0.3 is 9.68 Å². The molecule has 0 bridgehead atoms. The van der Waals surface area contributed by atoms with Crippen LogP contribution in [0.5, 0.6) is 0 Å². The van der Waals surface area contributed by atoms with E-state index in [1.165, 1.54) is 0 Å². The Morgan fingerprint density at radius 2 is 1.08 bits per heavy atom. The Morgan fingerprint density at radius 3 is 1.48 bits per heavy atom. The molecule has 2 aromatic carbocycles. The largest absolute Gasteiger partial charge is 0.386 e. The molecular formula is C18H14N2O4S. The lowest BCUT2D eigenvalue weighted by molar-refractivity contribution is -0.0332. The molecule has 2 aromatic rings. The van der Waals surface area contributed by atoms with Crippen LogP contribution in [0.3, 0.4) is 0 Å². The van der Waals surface area contributed by atoms with Gasteiger partial charge in [-0.05, 0) is 0 Å². The standard InChI is InChI=1S/C18H14N2O4S/c21-25(22)17-13(11-7-3-1-4-8-11)19-23-15(17)16-18(25)14(20-24-16)12-9-5-2-6-10-12/h1-10,15-18H/t15-,16-,17-,18-/m1/s1.